The van der Waals surface area contributed by atoms with E-state index in [2.05, 4.69) is 0 Å². The summed E-state index contributed by atoms with van der Waals surface area (Å²) in [5.74, 6) is 0.136. The summed E-state index contributed by atoms with van der Waals surface area (Å²) in [5, 5.41) is 8.96. The zero-order chi connectivity index (χ0) is 7.44. The number of aliphatic hydroxyl groups excluding tert-OH is 1. The highest BCUT2D eigenvalue weighted by atomic mass is 16.3. The minimum atomic E-state index is -0.0608. The van der Waals surface area contributed by atoms with E-state index >= 15 is 0 Å². The summed E-state index contributed by atoms with van der Waals surface area (Å²) in [6, 6.07) is 0. The Kier molecular flexibility index (Phi) is 2.99. The van der Waals surface area contributed by atoms with E-state index in [1.807, 2.05) is 6.92 Å². The molecule has 0 saturated carbocycles. The minimum absolute atomic E-state index is 0.0608. The van der Waals surface area contributed by atoms with Crippen molar-refractivity contribution in [1.29, 1.82) is 0 Å². The van der Waals surface area contributed by atoms with Crippen LogP contribution in [0.1, 0.15) is 27.2 Å². The Morgan fingerprint density at radius 2 is 1.89 bits per heavy atom. The molecule has 0 fully saturated rings. The summed E-state index contributed by atoms with van der Waals surface area (Å²) in [6.07, 6.45) is 0.533. The van der Waals surface area contributed by atoms with E-state index in [0.717, 1.165) is 0 Å². The second-order valence-corrected chi connectivity index (χ2v) is 1.98. The summed E-state index contributed by atoms with van der Waals surface area (Å²) in [4.78, 5) is 10.5. The lowest BCUT2D eigenvalue weighted by Gasteiger charge is -1.97. The monoisotopic (exact) mass is 128 g/mol. The molecular formula is C7H12O2. The molecule has 0 bridgehead atoms. The van der Waals surface area contributed by atoms with E-state index in [0.29, 0.717) is 12.0 Å². The molecule has 0 aromatic heterocycles. The Morgan fingerprint density at radius 1 is 1.44 bits per heavy atom. The summed E-state index contributed by atoms with van der Waals surface area (Å²) < 4.78 is 0. The molecule has 1 N–H and O–H groups in total. The van der Waals surface area contributed by atoms with E-state index in [-0.39, 0.29) is 11.5 Å². The van der Waals surface area contributed by atoms with Gasteiger partial charge in [-0.1, -0.05) is 6.92 Å². The lowest BCUT2D eigenvalue weighted by Crippen LogP contribution is -1.96. The highest BCUT2D eigenvalue weighted by molar-refractivity contribution is 5.92. The molecule has 2 heteroatoms. The van der Waals surface area contributed by atoms with Crippen LogP contribution in [0.5, 0.6) is 0 Å². The van der Waals surface area contributed by atoms with Gasteiger partial charge in [-0.3, -0.25) is 4.79 Å². The number of allylic oxidation sites excluding steroid dienone is 2. The lowest BCUT2D eigenvalue weighted by molar-refractivity contribution is -0.113. The summed E-state index contributed by atoms with van der Waals surface area (Å²) in [7, 11) is 0. The maximum atomic E-state index is 10.5. The van der Waals surface area contributed by atoms with Crippen LogP contribution in [-0.2, 0) is 4.79 Å². The van der Waals surface area contributed by atoms with Gasteiger partial charge in [0.05, 0.1) is 5.76 Å². The van der Waals surface area contributed by atoms with Crippen LogP contribution in [0.2, 0.25) is 0 Å². The maximum absolute atomic E-state index is 10.5. The van der Waals surface area contributed by atoms with Crippen LogP contribution in [0.4, 0.5) is 0 Å². The molecule has 0 saturated heterocycles. The third kappa shape index (κ3) is 2.31. The molecule has 0 radical (unpaired) electrons. The van der Waals surface area contributed by atoms with E-state index in [1.54, 1.807) is 6.92 Å². The number of hydrogen-bond acceptors (Lipinski definition) is 2. The molecule has 0 aliphatic rings. The second kappa shape index (κ2) is 3.28. The first kappa shape index (κ1) is 8.21. The molecular weight excluding hydrogens is 116 g/mol. The zero-order valence-electron chi connectivity index (χ0n) is 6.06. The Balaban J connectivity index is 4.28. The molecule has 0 aliphatic carbocycles. The van der Waals surface area contributed by atoms with E-state index in [4.69, 9.17) is 5.11 Å². The fourth-order valence-electron chi connectivity index (χ4n) is 0.468. The van der Waals surface area contributed by atoms with Crippen molar-refractivity contribution >= 4 is 5.78 Å². The maximum Gasteiger partial charge on any atom is 0.158 e. The summed E-state index contributed by atoms with van der Waals surface area (Å²) in [6.45, 7) is 4.88. The first-order chi connectivity index (χ1) is 4.09. The van der Waals surface area contributed by atoms with Gasteiger partial charge in [0, 0.05) is 12.0 Å². The predicted molar refractivity (Wildman–Crippen MR) is 36.3 cm³/mol. The smallest absolute Gasteiger partial charge is 0.158 e. The average molecular weight is 128 g/mol. The standard InChI is InChI=1S/C7H12O2/c1-4-7(9)5(2)6(3)8/h9H,4H2,1-3H3/b7-5-. The fraction of sp³-hybridized carbons (Fsp3) is 0.571. The van der Waals surface area contributed by atoms with Crippen LogP contribution >= 0.6 is 0 Å². The van der Waals surface area contributed by atoms with Crippen LogP contribution in [0.25, 0.3) is 0 Å². The molecule has 0 aromatic carbocycles. The molecule has 0 aliphatic heterocycles. The third-order valence-corrected chi connectivity index (χ3v) is 1.30. The summed E-state index contributed by atoms with van der Waals surface area (Å²) >= 11 is 0. The van der Waals surface area contributed by atoms with Crippen molar-refractivity contribution < 1.29 is 9.90 Å². The molecule has 0 aromatic rings. The topological polar surface area (TPSA) is 37.3 Å². The predicted octanol–water partition coefficient (Wildman–Crippen LogP) is 1.82. The molecule has 0 unspecified atom stereocenters. The van der Waals surface area contributed by atoms with E-state index in [1.165, 1.54) is 6.92 Å². The first-order valence-corrected chi connectivity index (χ1v) is 2.99. The van der Waals surface area contributed by atoms with Gasteiger partial charge in [-0.2, -0.15) is 0 Å². The fourth-order valence-corrected chi connectivity index (χ4v) is 0.468. The SMILES string of the molecule is CC/C(O)=C(\C)C(C)=O. The number of ketones is 1. The molecule has 52 valence electrons. The second-order valence-electron chi connectivity index (χ2n) is 1.98. The molecule has 0 rings (SSSR count). The van der Waals surface area contributed by atoms with Gasteiger partial charge in [-0.25, -0.2) is 0 Å². The van der Waals surface area contributed by atoms with Gasteiger partial charge >= 0.3 is 0 Å². The highest BCUT2D eigenvalue weighted by Crippen LogP contribution is 2.04. The van der Waals surface area contributed by atoms with Crippen molar-refractivity contribution in [3.63, 3.8) is 0 Å². The van der Waals surface area contributed by atoms with E-state index in [9.17, 15) is 4.79 Å². The van der Waals surface area contributed by atoms with Crippen molar-refractivity contribution in [3.05, 3.63) is 11.3 Å². The van der Waals surface area contributed by atoms with E-state index < -0.39 is 0 Å². The van der Waals surface area contributed by atoms with Gasteiger partial charge < -0.3 is 5.11 Å². The number of rotatable bonds is 2. The van der Waals surface area contributed by atoms with Gasteiger partial charge in [-0.15, -0.1) is 0 Å². The van der Waals surface area contributed by atoms with Crippen molar-refractivity contribution in [3.8, 4) is 0 Å². The van der Waals surface area contributed by atoms with Crippen LogP contribution in [0, 0.1) is 0 Å². The first-order valence-electron chi connectivity index (χ1n) is 2.99. The van der Waals surface area contributed by atoms with Gasteiger partial charge in [0.25, 0.3) is 0 Å². The molecule has 0 heterocycles. The molecule has 9 heavy (non-hydrogen) atoms. The van der Waals surface area contributed by atoms with Crippen LogP contribution < -0.4 is 0 Å². The number of carbonyl (C=O) groups is 1. The number of Topliss-reactive ketones (excluding diaryl/α,β-unsaturated/α-hetero) is 1. The average Bonchev–Trinajstić information content (AvgIpc) is 1.84. The lowest BCUT2D eigenvalue weighted by atomic mass is 10.1. The molecule has 2 nitrogen and oxygen atoms in total. The Labute approximate surface area is 55.2 Å². The Morgan fingerprint density at radius 3 is 2.00 bits per heavy atom. The minimum Gasteiger partial charge on any atom is -0.512 e. The largest absolute Gasteiger partial charge is 0.512 e. The molecule has 0 atom stereocenters. The number of aliphatic hydroxyl groups is 1. The molecule has 0 amide bonds. The van der Waals surface area contributed by atoms with Crippen molar-refractivity contribution in [2.75, 3.05) is 0 Å². The van der Waals surface area contributed by atoms with Gasteiger partial charge in [-0.05, 0) is 13.8 Å². The Bertz CT molecular complexity index is 145. The molecule has 0 spiro atoms. The Hall–Kier alpha value is -0.790. The van der Waals surface area contributed by atoms with Crippen molar-refractivity contribution in [2.45, 2.75) is 27.2 Å². The number of hydrogen-bond donors (Lipinski definition) is 1. The summed E-state index contributed by atoms with van der Waals surface area (Å²) in [5.41, 5.74) is 0.470. The van der Waals surface area contributed by atoms with Crippen LogP contribution in [0.15, 0.2) is 11.3 Å². The zero-order valence-corrected chi connectivity index (χ0v) is 6.06. The van der Waals surface area contributed by atoms with Crippen LogP contribution in [0.3, 0.4) is 0 Å². The normalized spacial score (nSPS) is 12.8. The quantitative estimate of drug-likeness (QED) is 0.455. The van der Waals surface area contributed by atoms with Gasteiger partial charge in [0.15, 0.2) is 5.78 Å². The van der Waals surface area contributed by atoms with Gasteiger partial charge in [0.1, 0.15) is 0 Å². The van der Waals surface area contributed by atoms with Crippen molar-refractivity contribution in [2.24, 2.45) is 0 Å². The van der Waals surface area contributed by atoms with Crippen LogP contribution in [-0.4, -0.2) is 10.9 Å². The van der Waals surface area contributed by atoms with Crippen molar-refractivity contribution in [1.82, 2.24) is 0 Å². The third-order valence-electron chi connectivity index (χ3n) is 1.30. The van der Waals surface area contributed by atoms with Gasteiger partial charge in [0.2, 0.25) is 0 Å². The highest BCUT2D eigenvalue weighted by Gasteiger charge is 2.01. The number of carbonyl (C=O) groups excluding carboxylic acids is 1.